The summed E-state index contributed by atoms with van der Waals surface area (Å²) in [7, 11) is 1.88. The molecular weight excluding hydrogens is 540 g/mol. The van der Waals surface area contributed by atoms with Crippen LogP contribution in [0.2, 0.25) is 0 Å². The summed E-state index contributed by atoms with van der Waals surface area (Å²) in [6.45, 7) is 3.20. The summed E-state index contributed by atoms with van der Waals surface area (Å²) < 4.78 is 34.5. The van der Waals surface area contributed by atoms with Crippen molar-refractivity contribution in [1.29, 1.82) is 0 Å². The van der Waals surface area contributed by atoms with E-state index in [1.165, 1.54) is 12.1 Å². The largest absolute Gasteiger partial charge is 0.377 e. The Bertz CT molecular complexity index is 1380. The minimum atomic E-state index is -0.855. The van der Waals surface area contributed by atoms with Gasteiger partial charge in [0.1, 0.15) is 36.4 Å². The number of carbonyl (C=O) groups is 1. The van der Waals surface area contributed by atoms with Crippen molar-refractivity contribution in [2.75, 3.05) is 20.1 Å². The van der Waals surface area contributed by atoms with Crippen molar-refractivity contribution in [2.24, 2.45) is 0 Å². The van der Waals surface area contributed by atoms with Gasteiger partial charge in [0.2, 0.25) is 5.91 Å². The highest BCUT2D eigenvalue weighted by atomic mass is 19.1. The summed E-state index contributed by atoms with van der Waals surface area (Å²) in [4.78, 5) is 17.7. The zero-order valence-electron chi connectivity index (χ0n) is 23.8. The lowest BCUT2D eigenvalue weighted by molar-refractivity contribution is -0.132. The Labute approximate surface area is 245 Å². The van der Waals surface area contributed by atoms with Crippen molar-refractivity contribution in [2.45, 2.75) is 63.2 Å². The molecule has 10 heteroatoms. The second kappa shape index (κ2) is 12.2. The molecule has 4 unspecified atom stereocenters. The lowest BCUT2D eigenvalue weighted by Gasteiger charge is -2.42. The molecule has 3 aliphatic rings. The monoisotopic (exact) mass is 577 g/mol. The fourth-order valence-corrected chi connectivity index (χ4v) is 6.23. The number of halogens is 2. The molecule has 6 atom stereocenters. The summed E-state index contributed by atoms with van der Waals surface area (Å²) in [5.74, 6) is -1.24. The van der Waals surface area contributed by atoms with Crippen LogP contribution in [0.25, 0.3) is 0 Å². The molecule has 3 heterocycles. The van der Waals surface area contributed by atoms with Crippen molar-refractivity contribution in [3.05, 3.63) is 107 Å². The predicted molar refractivity (Wildman–Crippen MR) is 153 cm³/mol. The van der Waals surface area contributed by atoms with Crippen LogP contribution in [0.5, 0.6) is 0 Å². The highest BCUT2D eigenvalue weighted by molar-refractivity contribution is 5.81. The average molecular weight is 578 g/mol. The number of benzene rings is 3. The van der Waals surface area contributed by atoms with E-state index in [9.17, 15) is 18.7 Å². The van der Waals surface area contributed by atoms with E-state index in [0.717, 1.165) is 17.2 Å². The van der Waals surface area contributed by atoms with Gasteiger partial charge in [-0.2, -0.15) is 0 Å². The van der Waals surface area contributed by atoms with Crippen molar-refractivity contribution in [3.63, 3.8) is 0 Å². The number of hydrogen-bond donors (Lipinski definition) is 2. The number of likely N-dealkylation sites (N-methyl/N-ethyl adjacent to an activating group) is 1. The topological polar surface area (TPSA) is 74.8 Å². The minimum Gasteiger partial charge on any atom is -0.377 e. The molecular formula is C32H37F2N5O3. The first kappa shape index (κ1) is 28.9. The molecule has 3 saturated heterocycles. The fraction of sp³-hybridized carbons (Fsp3) is 0.406. The number of epoxide rings is 1. The third-order valence-corrected chi connectivity index (χ3v) is 8.73. The molecule has 6 rings (SSSR count). The van der Waals surface area contributed by atoms with Gasteiger partial charge in [0.25, 0.3) is 0 Å². The number of nitrogens with zero attached hydrogens (tertiary/aromatic N) is 4. The Kier molecular flexibility index (Phi) is 8.35. The molecule has 0 radical (unpaired) electrons. The Morgan fingerprint density at radius 2 is 1.74 bits per heavy atom. The Morgan fingerprint density at radius 3 is 2.43 bits per heavy atom. The zero-order valence-corrected chi connectivity index (χ0v) is 23.8. The number of nitrogens with one attached hydrogen (secondary N) is 1. The molecule has 8 nitrogen and oxygen atoms in total. The molecule has 3 aromatic rings. The minimum absolute atomic E-state index is 0.0178. The van der Waals surface area contributed by atoms with E-state index in [2.05, 4.69) is 5.32 Å². The number of rotatable bonds is 10. The van der Waals surface area contributed by atoms with Gasteiger partial charge in [0.05, 0.1) is 18.6 Å². The van der Waals surface area contributed by atoms with Crippen LogP contribution in [-0.2, 0) is 29.0 Å². The second-order valence-corrected chi connectivity index (χ2v) is 11.4. The summed E-state index contributed by atoms with van der Waals surface area (Å²) in [5, 5.41) is 18.2. The van der Waals surface area contributed by atoms with E-state index in [1.807, 2.05) is 94.5 Å². The average Bonchev–Trinajstić information content (AvgIpc) is 3.74. The van der Waals surface area contributed by atoms with Gasteiger partial charge >= 0.3 is 0 Å². The van der Waals surface area contributed by atoms with Crippen LogP contribution in [0.3, 0.4) is 0 Å². The maximum atomic E-state index is 14.7. The number of amides is 1. The number of aliphatic hydroxyl groups excluding tert-OH is 1. The highest BCUT2D eigenvalue weighted by Gasteiger charge is 2.59. The van der Waals surface area contributed by atoms with Crippen LogP contribution in [0, 0.1) is 11.6 Å². The van der Waals surface area contributed by atoms with E-state index < -0.39 is 17.9 Å². The zero-order chi connectivity index (χ0) is 29.4. The van der Waals surface area contributed by atoms with Gasteiger partial charge in [-0.1, -0.05) is 66.7 Å². The molecule has 2 N–H and O–H groups in total. The summed E-state index contributed by atoms with van der Waals surface area (Å²) in [6.07, 6.45) is -1.11. The van der Waals surface area contributed by atoms with Gasteiger partial charge in [-0.05, 0) is 30.5 Å². The van der Waals surface area contributed by atoms with Crippen LogP contribution in [0.4, 0.5) is 8.78 Å². The molecule has 3 aromatic carbocycles. The SMILES string of the molecule is CC(C(O)NCc1ccccc1)N(C)N1CC(=O)N2[C@@H](Cc3ccccc3)C3OC3N(Cc3ccc(F)cc3F)C[C@@H]21. The van der Waals surface area contributed by atoms with E-state index in [-0.39, 0.29) is 49.6 Å². The van der Waals surface area contributed by atoms with Crippen molar-refractivity contribution >= 4 is 5.91 Å². The van der Waals surface area contributed by atoms with Gasteiger partial charge in [-0.3, -0.25) is 15.0 Å². The van der Waals surface area contributed by atoms with Crippen LogP contribution in [0.1, 0.15) is 23.6 Å². The molecule has 0 aromatic heterocycles. The lowest BCUT2D eigenvalue weighted by Crippen LogP contribution is -2.59. The van der Waals surface area contributed by atoms with Gasteiger partial charge in [0, 0.05) is 38.3 Å². The van der Waals surface area contributed by atoms with Gasteiger partial charge in [0.15, 0.2) is 0 Å². The number of hydrazine groups is 1. The van der Waals surface area contributed by atoms with Crippen LogP contribution in [0.15, 0.2) is 78.9 Å². The normalized spacial score (nSPS) is 25.7. The van der Waals surface area contributed by atoms with E-state index in [1.54, 1.807) is 0 Å². The van der Waals surface area contributed by atoms with E-state index in [4.69, 9.17) is 4.74 Å². The van der Waals surface area contributed by atoms with Crippen molar-refractivity contribution in [3.8, 4) is 0 Å². The van der Waals surface area contributed by atoms with Gasteiger partial charge in [-0.25, -0.2) is 18.8 Å². The lowest BCUT2D eigenvalue weighted by atomic mass is 10.0. The summed E-state index contributed by atoms with van der Waals surface area (Å²) in [6, 6.07) is 22.9. The van der Waals surface area contributed by atoms with Gasteiger partial charge in [-0.15, -0.1) is 0 Å². The second-order valence-electron chi connectivity index (χ2n) is 11.4. The molecule has 0 spiro atoms. The van der Waals surface area contributed by atoms with Crippen molar-refractivity contribution < 1.29 is 23.4 Å². The first-order valence-corrected chi connectivity index (χ1v) is 14.4. The van der Waals surface area contributed by atoms with Crippen LogP contribution in [-0.4, -0.2) is 87.8 Å². The first-order valence-electron chi connectivity index (χ1n) is 14.4. The van der Waals surface area contributed by atoms with Crippen molar-refractivity contribution in [1.82, 2.24) is 25.1 Å². The standard InChI is InChI=1S/C32H37F2N5O3/c1-21(31(41)35-17-23-11-7-4-8-12-23)36(2)38-20-29(40)39-27(15-22-9-5-3-6-10-22)30-32(42-30)37(19-28(38)39)18-24-13-14-25(33)16-26(24)34/h3-14,16,21,27-28,30-32,35,41H,15,17-20H2,1-2H3/t21?,27-,28+,30?,31?,32?/m0/s1. The number of ether oxygens (including phenoxy) is 1. The number of aliphatic hydroxyl groups is 1. The molecule has 42 heavy (non-hydrogen) atoms. The third kappa shape index (κ3) is 5.96. The Hall–Kier alpha value is -3.25. The number of fused-ring (bicyclic) bond motifs is 2. The number of carbonyl (C=O) groups excluding carboxylic acids is 1. The van der Waals surface area contributed by atoms with Gasteiger partial charge < -0.3 is 14.7 Å². The third-order valence-electron chi connectivity index (χ3n) is 8.73. The fourth-order valence-electron chi connectivity index (χ4n) is 6.23. The molecule has 222 valence electrons. The Balaban J connectivity index is 1.24. The quantitative estimate of drug-likeness (QED) is 0.284. The van der Waals surface area contributed by atoms with Crippen LogP contribution >= 0.6 is 0 Å². The molecule has 3 aliphatic heterocycles. The molecule has 0 aliphatic carbocycles. The molecule has 0 bridgehead atoms. The Morgan fingerprint density at radius 1 is 1.05 bits per heavy atom. The predicted octanol–water partition coefficient (Wildman–Crippen LogP) is 2.93. The maximum absolute atomic E-state index is 14.7. The van der Waals surface area contributed by atoms with E-state index in [0.29, 0.717) is 25.1 Å². The highest BCUT2D eigenvalue weighted by Crippen LogP contribution is 2.41. The smallest absolute Gasteiger partial charge is 0.240 e. The first-order chi connectivity index (χ1) is 20.3. The summed E-state index contributed by atoms with van der Waals surface area (Å²) >= 11 is 0. The van der Waals surface area contributed by atoms with E-state index >= 15 is 0 Å². The molecule has 0 saturated carbocycles. The molecule has 1 amide bonds. The number of hydrogen-bond acceptors (Lipinski definition) is 7. The maximum Gasteiger partial charge on any atom is 0.240 e. The van der Waals surface area contributed by atoms with Crippen LogP contribution < -0.4 is 5.32 Å². The summed E-state index contributed by atoms with van der Waals surface area (Å²) in [5.41, 5.74) is 2.53. The molecule has 3 fully saturated rings.